The van der Waals surface area contributed by atoms with Gasteiger partial charge in [0.1, 0.15) is 13.2 Å². The molecule has 0 bridgehead atoms. The van der Waals surface area contributed by atoms with E-state index in [1.807, 2.05) is 27.2 Å². The van der Waals surface area contributed by atoms with Crippen LogP contribution in [0.2, 0.25) is 0 Å². The van der Waals surface area contributed by atoms with E-state index in [9.17, 15) is 19.4 Å². The molecule has 3 N–H and O–H groups in total. The van der Waals surface area contributed by atoms with Crippen molar-refractivity contribution in [2.45, 2.75) is 334 Å². The lowest BCUT2D eigenvalue weighted by Crippen LogP contribution is -2.45. The number of phosphoric acid groups is 1. The zero-order valence-electron chi connectivity index (χ0n) is 61.7. The molecule has 0 aliphatic carbocycles. The van der Waals surface area contributed by atoms with Gasteiger partial charge in [-0.25, -0.2) is 4.57 Å². The van der Waals surface area contributed by atoms with Crippen LogP contribution in [0.25, 0.3) is 0 Å². The molecule has 1 amide bonds. The van der Waals surface area contributed by atoms with Gasteiger partial charge in [0.2, 0.25) is 5.91 Å². The van der Waals surface area contributed by atoms with E-state index in [2.05, 4.69) is 165 Å². The number of phosphoric ester groups is 1. The fourth-order valence-corrected chi connectivity index (χ4v) is 11.5. The molecule has 538 valence electrons. The Kier molecular flexibility index (Phi) is 70.3. The number of nitrogens with one attached hydrogen (secondary N) is 1. The number of aliphatic hydroxyl groups excluding tert-OH is 1. The number of nitrogens with zero attached hydrogens (tertiary/aromatic N) is 1. The molecule has 0 rings (SSSR count). The van der Waals surface area contributed by atoms with Crippen LogP contribution in [0, 0.1) is 0 Å². The minimum Gasteiger partial charge on any atom is -0.387 e. The van der Waals surface area contributed by atoms with Gasteiger partial charge in [0, 0.05) is 6.42 Å². The summed E-state index contributed by atoms with van der Waals surface area (Å²) in [6, 6.07) is -0.883. The second kappa shape index (κ2) is 73.4. The Morgan fingerprint density at radius 3 is 0.979 bits per heavy atom. The summed E-state index contributed by atoms with van der Waals surface area (Å²) in [4.78, 5) is 23.5. The Morgan fingerprint density at radius 2 is 0.649 bits per heavy atom. The van der Waals surface area contributed by atoms with Gasteiger partial charge < -0.3 is 19.8 Å². The lowest BCUT2D eigenvalue weighted by molar-refractivity contribution is -0.870. The van der Waals surface area contributed by atoms with Crippen molar-refractivity contribution < 1.29 is 32.9 Å². The predicted octanol–water partition coefficient (Wildman–Crippen LogP) is 25.7. The quantitative estimate of drug-likeness (QED) is 0.0243. The van der Waals surface area contributed by atoms with Gasteiger partial charge in [0.25, 0.3) is 0 Å². The number of rotatable bonds is 70. The van der Waals surface area contributed by atoms with Crippen LogP contribution in [0.4, 0.5) is 0 Å². The third-order valence-electron chi connectivity index (χ3n) is 16.7. The molecule has 0 aliphatic heterocycles. The summed E-state index contributed by atoms with van der Waals surface area (Å²) in [6.07, 6.45) is 114. The second-order valence-corrected chi connectivity index (χ2v) is 28.4. The maximum Gasteiger partial charge on any atom is 0.472 e. The van der Waals surface area contributed by atoms with E-state index in [4.69, 9.17) is 9.05 Å². The molecule has 0 radical (unpaired) electrons. The average molecular weight is 1330 g/mol. The summed E-state index contributed by atoms with van der Waals surface area (Å²) in [5.41, 5.74) is 0. The Labute approximate surface area is 581 Å². The van der Waals surface area contributed by atoms with Crippen molar-refractivity contribution >= 4 is 13.7 Å². The molecule has 0 fully saturated rings. The third-order valence-corrected chi connectivity index (χ3v) is 17.7. The fourth-order valence-electron chi connectivity index (χ4n) is 10.8. The van der Waals surface area contributed by atoms with Crippen molar-refractivity contribution in [2.24, 2.45) is 0 Å². The van der Waals surface area contributed by atoms with Crippen molar-refractivity contribution in [2.75, 3.05) is 40.9 Å². The second-order valence-electron chi connectivity index (χ2n) is 27.0. The number of quaternary nitrogens is 1. The Morgan fingerprint density at radius 1 is 0.372 bits per heavy atom. The molecule has 0 saturated heterocycles. The molecule has 0 aliphatic rings. The van der Waals surface area contributed by atoms with Crippen molar-refractivity contribution in [3.05, 3.63) is 158 Å². The Hall–Kier alpha value is -3.88. The number of hydrogen-bond donors (Lipinski definition) is 3. The standard InChI is InChI=1S/C85H147N2O6P/c1-6-8-10-12-14-16-18-20-22-24-26-28-30-32-34-36-38-39-40-41-42-43-44-45-46-47-49-51-53-55-57-59-61-63-65-67-69-71-73-75-77-79-85(89)86-83(82-93-94(90,91)92-81-80-87(3,4)5)84(88)78-76-74-72-70-68-66-64-62-60-58-56-54-52-50-48-37-35-33-31-29-27-25-23-21-19-17-15-13-11-9-7-2/h8,10,14,16,20,22,26,28,32,34,38-39,41-42,44-45,47,49,53,55,59,61,68,70,76,78,83-84,88H,6-7,9,11-13,15,17-19,21,23-25,27,29-31,33,35-37,40,43,46,48,50-52,54,56-58,60,62-67,69,71-75,77,79-82H2,1-5H3,(H-,86,89,90,91)/p+1/b10-8-,16-14-,22-20-,28-26-,34-32-,39-38-,42-41-,45-44-,49-47-,55-53-,61-59-,70-68+,78-76+. The highest BCUT2D eigenvalue weighted by Gasteiger charge is 2.28. The van der Waals surface area contributed by atoms with Crippen LogP contribution < -0.4 is 5.32 Å². The van der Waals surface area contributed by atoms with Gasteiger partial charge >= 0.3 is 7.82 Å². The van der Waals surface area contributed by atoms with Crippen molar-refractivity contribution in [3.63, 3.8) is 0 Å². The van der Waals surface area contributed by atoms with E-state index >= 15 is 0 Å². The maximum atomic E-state index is 13.1. The van der Waals surface area contributed by atoms with Crippen LogP contribution in [-0.4, -0.2) is 73.4 Å². The lowest BCUT2D eigenvalue weighted by Gasteiger charge is -2.25. The summed E-state index contributed by atoms with van der Waals surface area (Å²) < 4.78 is 23.8. The largest absolute Gasteiger partial charge is 0.472 e. The number of allylic oxidation sites excluding steroid dienone is 25. The molecule has 94 heavy (non-hydrogen) atoms. The number of carbonyl (C=O) groups is 1. The summed E-state index contributed by atoms with van der Waals surface area (Å²) in [5.74, 6) is -0.201. The first kappa shape index (κ1) is 90.1. The number of aliphatic hydroxyl groups is 1. The molecule has 9 heteroatoms. The third kappa shape index (κ3) is 75.5. The van der Waals surface area contributed by atoms with Crippen LogP contribution in [0.15, 0.2) is 158 Å². The van der Waals surface area contributed by atoms with Crippen LogP contribution >= 0.6 is 7.82 Å². The van der Waals surface area contributed by atoms with Crippen LogP contribution in [0.3, 0.4) is 0 Å². The molecule has 0 aromatic heterocycles. The smallest absolute Gasteiger partial charge is 0.387 e. The van der Waals surface area contributed by atoms with Gasteiger partial charge in [-0.3, -0.25) is 13.8 Å². The molecule has 3 atom stereocenters. The molecular weight excluding hydrogens is 1180 g/mol. The van der Waals surface area contributed by atoms with E-state index in [-0.39, 0.29) is 19.1 Å². The van der Waals surface area contributed by atoms with Crippen LogP contribution in [0.1, 0.15) is 322 Å². The fraction of sp³-hybridized carbons (Fsp3) is 0.682. The van der Waals surface area contributed by atoms with Crippen molar-refractivity contribution in [3.8, 4) is 0 Å². The highest BCUT2D eigenvalue weighted by atomic mass is 31.2. The maximum absolute atomic E-state index is 13.1. The molecule has 0 saturated carbocycles. The van der Waals surface area contributed by atoms with Gasteiger partial charge in [0.15, 0.2) is 0 Å². The van der Waals surface area contributed by atoms with Gasteiger partial charge in [0.05, 0.1) is 39.9 Å². The Bertz CT molecular complexity index is 2100. The van der Waals surface area contributed by atoms with E-state index in [1.165, 1.54) is 180 Å². The highest BCUT2D eigenvalue weighted by Crippen LogP contribution is 2.43. The number of unbranched alkanes of at least 4 members (excludes halogenated alkanes) is 33. The summed E-state index contributed by atoms with van der Waals surface area (Å²) in [6.45, 7) is 4.69. The normalized spacial score (nSPS) is 14.4. The summed E-state index contributed by atoms with van der Waals surface area (Å²) in [7, 11) is 1.53. The van der Waals surface area contributed by atoms with E-state index < -0.39 is 20.0 Å². The van der Waals surface area contributed by atoms with Gasteiger partial charge in [-0.05, 0) is 116 Å². The van der Waals surface area contributed by atoms with Crippen molar-refractivity contribution in [1.29, 1.82) is 0 Å². The number of hydrogen-bond acceptors (Lipinski definition) is 5. The predicted molar refractivity (Wildman–Crippen MR) is 414 cm³/mol. The SMILES string of the molecule is CC/C=C\C/C=C\C/C=C\C/C=C\C/C=C\C/C=C\C/C=C\C/C=C\C/C=C\C/C=C\C/C=C\CCCCCCCCCC(=O)NC(COP(=O)(O)OCC[N+](C)(C)C)C(O)/C=C/CC/C=C/CCCCCCCCCCCCCCCCCCCCCCCCCCC. The number of likely N-dealkylation sites (N-methyl/N-ethyl adjacent to an activating group) is 1. The number of carbonyl (C=O) groups excluding carboxylic acids is 1. The summed E-state index contributed by atoms with van der Waals surface area (Å²) >= 11 is 0. The zero-order chi connectivity index (χ0) is 68.3. The summed E-state index contributed by atoms with van der Waals surface area (Å²) in [5, 5.41) is 14.0. The Balaban J connectivity index is 4.15. The van der Waals surface area contributed by atoms with Crippen molar-refractivity contribution in [1.82, 2.24) is 5.32 Å². The highest BCUT2D eigenvalue weighted by molar-refractivity contribution is 7.47. The van der Waals surface area contributed by atoms with Crippen LogP contribution in [0.5, 0.6) is 0 Å². The molecule has 0 aromatic carbocycles. The first-order valence-corrected chi connectivity index (χ1v) is 40.4. The average Bonchev–Trinajstić information content (AvgIpc) is 1.77. The van der Waals surface area contributed by atoms with E-state index in [0.29, 0.717) is 17.4 Å². The van der Waals surface area contributed by atoms with Crippen LogP contribution in [-0.2, 0) is 18.4 Å². The van der Waals surface area contributed by atoms with Gasteiger partial charge in [-0.2, -0.15) is 0 Å². The minimum atomic E-state index is -4.38. The molecule has 3 unspecified atom stereocenters. The van der Waals surface area contributed by atoms with E-state index in [1.54, 1.807) is 6.08 Å². The molecule has 0 heterocycles. The molecule has 0 spiro atoms. The molecule has 8 nitrogen and oxygen atoms in total. The first-order chi connectivity index (χ1) is 46.0. The minimum absolute atomic E-state index is 0.0464. The van der Waals surface area contributed by atoms with Gasteiger partial charge in [-0.15, -0.1) is 0 Å². The molecular formula is C85H148N2O6P+. The molecule has 0 aromatic rings. The van der Waals surface area contributed by atoms with Gasteiger partial charge in [-0.1, -0.05) is 358 Å². The van der Waals surface area contributed by atoms with E-state index in [0.717, 1.165) is 122 Å². The lowest BCUT2D eigenvalue weighted by atomic mass is 10.0. The number of amides is 1. The first-order valence-electron chi connectivity index (χ1n) is 38.9. The topological polar surface area (TPSA) is 105 Å². The monoisotopic (exact) mass is 1320 g/mol. The zero-order valence-corrected chi connectivity index (χ0v) is 62.5.